The number of hydrogen-bond acceptors (Lipinski definition) is 3. The molecule has 0 heterocycles. The molecule has 3 nitrogen and oxygen atoms in total. The fourth-order valence-corrected chi connectivity index (χ4v) is 0.311. The quantitative estimate of drug-likeness (QED) is 0.457. The van der Waals surface area contributed by atoms with Crippen molar-refractivity contribution in [2.75, 3.05) is 0 Å². The molecule has 0 spiro atoms. The minimum absolute atomic E-state index is 0.583. The second-order valence-corrected chi connectivity index (χ2v) is 2.65. The summed E-state index contributed by atoms with van der Waals surface area (Å²) < 4.78 is 5.13. The van der Waals surface area contributed by atoms with Crippen molar-refractivity contribution in [3.63, 3.8) is 0 Å². The van der Waals surface area contributed by atoms with Gasteiger partial charge in [0.25, 0.3) is 0 Å². The van der Waals surface area contributed by atoms with Crippen molar-refractivity contribution in [2.24, 2.45) is 11.5 Å². The third-order valence-electron chi connectivity index (χ3n) is 1.22. The van der Waals surface area contributed by atoms with Crippen LogP contribution in [0.15, 0.2) is 12.0 Å². The molecule has 0 aliphatic carbocycles. The summed E-state index contributed by atoms with van der Waals surface area (Å²) in [5, 5.41) is 0. The minimum atomic E-state index is -0.583. The molecule has 0 radical (unpaired) electrons. The van der Waals surface area contributed by atoms with Gasteiger partial charge in [-0.05, 0) is 20.3 Å². The lowest BCUT2D eigenvalue weighted by Gasteiger charge is -2.21. The first kappa shape index (κ1) is 9.30. The van der Waals surface area contributed by atoms with Crippen LogP contribution in [0.3, 0.4) is 0 Å². The molecule has 0 aliphatic rings. The van der Waals surface area contributed by atoms with Crippen LogP contribution in [-0.4, -0.2) is 5.72 Å². The molecule has 3 heteroatoms. The molecule has 60 valence electrons. The van der Waals surface area contributed by atoms with Gasteiger partial charge in [0.2, 0.25) is 0 Å². The maximum atomic E-state index is 5.64. The highest BCUT2D eigenvalue weighted by atomic mass is 16.5. The van der Waals surface area contributed by atoms with E-state index in [2.05, 4.69) is 0 Å². The van der Waals surface area contributed by atoms with Crippen molar-refractivity contribution in [3.8, 4) is 0 Å². The molecule has 0 fully saturated rings. The van der Waals surface area contributed by atoms with Crippen LogP contribution >= 0.6 is 0 Å². The van der Waals surface area contributed by atoms with Gasteiger partial charge in [-0.15, -0.1) is 0 Å². The lowest BCUT2D eigenvalue weighted by molar-refractivity contribution is 0.0406. The zero-order valence-corrected chi connectivity index (χ0v) is 6.85. The Morgan fingerprint density at radius 3 is 2.50 bits per heavy atom. The van der Waals surface area contributed by atoms with E-state index >= 15 is 0 Å². The van der Waals surface area contributed by atoms with Gasteiger partial charge in [-0.2, -0.15) is 0 Å². The molecule has 1 atom stereocenters. The molecule has 0 saturated carbocycles. The van der Waals surface area contributed by atoms with Crippen LogP contribution in [0.4, 0.5) is 0 Å². The van der Waals surface area contributed by atoms with Crippen LogP contribution in [0.2, 0.25) is 0 Å². The van der Waals surface area contributed by atoms with Crippen molar-refractivity contribution < 1.29 is 4.74 Å². The molecular formula is C7H16N2O. The monoisotopic (exact) mass is 144 g/mol. The molecule has 1 unspecified atom stereocenters. The third-order valence-corrected chi connectivity index (χ3v) is 1.22. The summed E-state index contributed by atoms with van der Waals surface area (Å²) in [7, 11) is 0. The predicted octanol–water partition coefficient (Wildman–Crippen LogP) is 0.908. The molecule has 0 aromatic rings. The number of allylic oxidation sites excluding steroid dienone is 1. The van der Waals surface area contributed by atoms with Gasteiger partial charge in [-0.3, -0.25) is 5.73 Å². The van der Waals surface area contributed by atoms with Crippen LogP contribution < -0.4 is 11.5 Å². The van der Waals surface area contributed by atoms with Crippen LogP contribution in [-0.2, 0) is 4.74 Å². The normalized spacial score (nSPS) is 18.2. The van der Waals surface area contributed by atoms with Gasteiger partial charge in [0.1, 0.15) is 6.26 Å². The van der Waals surface area contributed by atoms with Gasteiger partial charge < -0.3 is 10.5 Å². The summed E-state index contributed by atoms with van der Waals surface area (Å²) in [4.78, 5) is 0. The predicted molar refractivity (Wildman–Crippen MR) is 41.9 cm³/mol. The summed E-state index contributed by atoms with van der Waals surface area (Å²) in [6.07, 6.45) is 2.24. The molecule has 0 amide bonds. The Labute approximate surface area is 62.0 Å². The Hall–Kier alpha value is -0.700. The number of rotatable bonds is 3. The number of nitrogens with two attached hydrogens (primary N) is 2. The maximum absolute atomic E-state index is 5.64. The zero-order valence-electron chi connectivity index (χ0n) is 6.85. The fraction of sp³-hybridized carbons (Fsp3) is 0.714. The molecular weight excluding hydrogens is 128 g/mol. The molecule has 0 aromatic heterocycles. The van der Waals surface area contributed by atoms with Gasteiger partial charge >= 0.3 is 0 Å². The molecule has 0 aromatic carbocycles. The summed E-state index contributed by atoms with van der Waals surface area (Å²) in [5.74, 6) is 0. The first-order chi connectivity index (χ1) is 4.48. The van der Waals surface area contributed by atoms with Crippen LogP contribution in [0.5, 0.6) is 0 Å². The van der Waals surface area contributed by atoms with E-state index in [0.29, 0.717) is 5.70 Å². The van der Waals surface area contributed by atoms with Gasteiger partial charge in [0.15, 0.2) is 5.72 Å². The van der Waals surface area contributed by atoms with E-state index in [-0.39, 0.29) is 0 Å². The lowest BCUT2D eigenvalue weighted by atomic mass is 10.2. The third kappa shape index (κ3) is 4.21. The van der Waals surface area contributed by atoms with E-state index in [1.807, 2.05) is 13.8 Å². The molecule has 0 aliphatic heterocycles. The summed E-state index contributed by atoms with van der Waals surface area (Å²) >= 11 is 0. The van der Waals surface area contributed by atoms with E-state index in [9.17, 15) is 0 Å². The minimum Gasteiger partial charge on any atom is -0.479 e. The highest BCUT2D eigenvalue weighted by Crippen LogP contribution is 2.06. The first-order valence-electron chi connectivity index (χ1n) is 3.37. The van der Waals surface area contributed by atoms with Crippen molar-refractivity contribution in [1.82, 2.24) is 0 Å². The van der Waals surface area contributed by atoms with Crippen molar-refractivity contribution >= 4 is 0 Å². The number of hydrogen-bond donors (Lipinski definition) is 2. The van der Waals surface area contributed by atoms with E-state index in [4.69, 9.17) is 16.2 Å². The Kier molecular flexibility index (Phi) is 3.22. The largest absolute Gasteiger partial charge is 0.479 e. The molecule has 10 heavy (non-hydrogen) atoms. The molecule has 0 saturated heterocycles. The van der Waals surface area contributed by atoms with E-state index in [1.54, 1.807) is 6.92 Å². The van der Waals surface area contributed by atoms with Crippen molar-refractivity contribution in [3.05, 3.63) is 12.0 Å². The second-order valence-electron chi connectivity index (χ2n) is 2.65. The van der Waals surface area contributed by atoms with Gasteiger partial charge in [-0.25, -0.2) is 0 Å². The van der Waals surface area contributed by atoms with E-state index in [0.717, 1.165) is 6.42 Å². The van der Waals surface area contributed by atoms with E-state index < -0.39 is 5.72 Å². The zero-order chi connectivity index (χ0) is 8.20. The fourth-order valence-electron chi connectivity index (χ4n) is 0.311. The molecule has 0 rings (SSSR count). The summed E-state index contributed by atoms with van der Waals surface area (Å²) in [6.45, 7) is 5.53. The van der Waals surface area contributed by atoms with Crippen LogP contribution in [0, 0.1) is 0 Å². The Morgan fingerprint density at radius 2 is 2.20 bits per heavy atom. The average Bonchev–Trinajstić information content (AvgIpc) is 1.85. The number of ether oxygens (including phenoxy) is 1. The SMILES string of the molecule is CCC(C)(N)O/C=C(/C)N. The summed E-state index contributed by atoms with van der Waals surface area (Å²) in [6, 6.07) is 0. The van der Waals surface area contributed by atoms with Gasteiger partial charge in [0, 0.05) is 5.70 Å². The molecule has 4 N–H and O–H groups in total. The first-order valence-corrected chi connectivity index (χ1v) is 3.37. The Morgan fingerprint density at radius 1 is 1.70 bits per heavy atom. The smallest absolute Gasteiger partial charge is 0.154 e. The molecule has 0 bridgehead atoms. The second kappa shape index (κ2) is 3.46. The van der Waals surface area contributed by atoms with Crippen LogP contribution in [0.1, 0.15) is 27.2 Å². The Bertz CT molecular complexity index is 126. The van der Waals surface area contributed by atoms with Gasteiger partial charge in [-0.1, -0.05) is 6.92 Å². The summed E-state index contributed by atoms with van der Waals surface area (Å²) in [5.41, 5.74) is 11.0. The Balaban J connectivity index is 3.78. The van der Waals surface area contributed by atoms with Crippen molar-refractivity contribution in [2.45, 2.75) is 32.9 Å². The highest BCUT2D eigenvalue weighted by Gasteiger charge is 2.13. The van der Waals surface area contributed by atoms with Crippen molar-refractivity contribution in [1.29, 1.82) is 0 Å². The van der Waals surface area contributed by atoms with E-state index in [1.165, 1.54) is 6.26 Å². The van der Waals surface area contributed by atoms with Crippen LogP contribution in [0.25, 0.3) is 0 Å². The standard InChI is InChI=1S/C7H16N2O/c1-4-7(3,9)10-5-6(2)8/h5H,4,8-9H2,1-3H3/b6-5-. The lowest BCUT2D eigenvalue weighted by Crippen LogP contribution is -2.36. The average molecular weight is 144 g/mol. The highest BCUT2D eigenvalue weighted by molar-refractivity contribution is 4.86. The van der Waals surface area contributed by atoms with Gasteiger partial charge in [0.05, 0.1) is 0 Å². The maximum Gasteiger partial charge on any atom is 0.154 e. The topological polar surface area (TPSA) is 61.3 Å².